The Hall–Kier alpha value is -2.47. The standard InChI is InChI=1S/C18H20F2N2O2/c1-12(7-8-23)11-21-18(24)22-17-15(9-14(19)10-16(17)20)13-5-3-2-4-6-13/h2-6,9-10,12,23H,7-8,11H2,1H3,(H2,21,22,24). The SMILES string of the molecule is CC(CCO)CNC(=O)Nc1c(F)cc(F)cc1-c1ccccc1. The van der Waals surface area contributed by atoms with Crippen LogP contribution in [0.5, 0.6) is 0 Å². The van der Waals surface area contributed by atoms with Gasteiger partial charge in [0.25, 0.3) is 0 Å². The van der Waals surface area contributed by atoms with Crippen molar-refractivity contribution in [1.29, 1.82) is 0 Å². The number of aliphatic hydroxyl groups excluding tert-OH is 1. The topological polar surface area (TPSA) is 61.4 Å². The first kappa shape index (κ1) is 17.9. The summed E-state index contributed by atoms with van der Waals surface area (Å²) in [5, 5.41) is 13.9. The molecule has 0 fully saturated rings. The van der Waals surface area contributed by atoms with Gasteiger partial charge in [0.2, 0.25) is 0 Å². The third-order valence-corrected chi connectivity index (χ3v) is 3.61. The zero-order chi connectivity index (χ0) is 17.5. The Balaban J connectivity index is 2.19. The third-order valence-electron chi connectivity index (χ3n) is 3.61. The molecule has 0 heterocycles. The van der Waals surface area contributed by atoms with Crippen molar-refractivity contribution >= 4 is 11.7 Å². The second-order valence-corrected chi connectivity index (χ2v) is 5.63. The van der Waals surface area contributed by atoms with E-state index in [9.17, 15) is 13.6 Å². The third kappa shape index (κ3) is 4.76. The van der Waals surface area contributed by atoms with Crippen molar-refractivity contribution in [2.24, 2.45) is 5.92 Å². The highest BCUT2D eigenvalue weighted by Gasteiger charge is 2.15. The molecule has 0 aliphatic carbocycles. The van der Waals surface area contributed by atoms with Gasteiger partial charge in [-0.2, -0.15) is 0 Å². The van der Waals surface area contributed by atoms with E-state index in [0.717, 1.165) is 6.07 Å². The van der Waals surface area contributed by atoms with Crippen LogP contribution in [-0.4, -0.2) is 24.3 Å². The lowest BCUT2D eigenvalue weighted by Crippen LogP contribution is -2.33. The van der Waals surface area contributed by atoms with Gasteiger partial charge in [0.15, 0.2) is 0 Å². The van der Waals surface area contributed by atoms with Crippen LogP contribution < -0.4 is 10.6 Å². The maximum absolute atomic E-state index is 14.2. The van der Waals surface area contributed by atoms with E-state index in [0.29, 0.717) is 18.5 Å². The summed E-state index contributed by atoms with van der Waals surface area (Å²) in [5.41, 5.74) is 0.793. The molecule has 4 nitrogen and oxygen atoms in total. The van der Waals surface area contributed by atoms with Crippen molar-refractivity contribution < 1.29 is 18.7 Å². The number of anilines is 1. The number of halogens is 2. The van der Waals surface area contributed by atoms with Gasteiger partial charge in [-0.25, -0.2) is 13.6 Å². The van der Waals surface area contributed by atoms with Crippen LogP contribution in [0.1, 0.15) is 13.3 Å². The van der Waals surface area contributed by atoms with Crippen LogP contribution in [0.25, 0.3) is 11.1 Å². The number of rotatable bonds is 6. The molecule has 0 saturated heterocycles. The van der Waals surface area contributed by atoms with Crippen LogP contribution in [-0.2, 0) is 0 Å². The van der Waals surface area contributed by atoms with E-state index in [-0.39, 0.29) is 23.8 Å². The predicted octanol–water partition coefficient (Wildman–Crippen LogP) is 3.77. The van der Waals surface area contributed by atoms with Crippen LogP contribution in [0.4, 0.5) is 19.3 Å². The number of hydrogen-bond acceptors (Lipinski definition) is 2. The van der Waals surface area contributed by atoms with Crippen molar-refractivity contribution in [2.75, 3.05) is 18.5 Å². The fraction of sp³-hybridized carbons (Fsp3) is 0.278. The lowest BCUT2D eigenvalue weighted by atomic mass is 10.0. The van der Waals surface area contributed by atoms with Crippen molar-refractivity contribution in [3.05, 3.63) is 54.1 Å². The molecular weight excluding hydrogens is 314 g/mol. The number of hydrogen-bond donors (Lipinski definition) is 3. The molecule has 0 aliphatic heterocycles. The molecule has 24 heavy (non-hydrogen) atoms. The van der Waals surface area contributed by atoms with Gasteiger partial charge in [-0.1, -0.05) is 37.3 Å². The second-order valence-electron chi connectivity index (χ2n) is 5.63. The number of amides is 2. The molecule has 1 atom stereocenters. The molecule has 2 aromatic rings. The molecule has 0 bridgehead atoms. The molecule has 0 saturated carbocycles. The van der Waals surface area contributed by atoms with Gasteiger partial charge in [0, 0.05) is 24.8 Å². The van der Waals surface area contributed by atoms with E-state index in [1.807, 2.05) is 6.92 Å². The lowest BCUT2D eigenvalue weighted by Gasteiger charge is -2.15. The minimum absolute atomic E-state index is 0.0369. The quantitative estimate of drug-likeness (QED) is 0.753. The number of nitrogens with one attached hydrogen (secondary N) is 2. The second kappa shape index (κ2) is 8.40. The first-order valence-corrected chi connectivity index (χ1v) is 7.71. The summed E-state index contributed by atoms with van der Waals surface area (Å²) >= 11 is 0. The zero-order valence-corrected chi connectivity index (χ0v) is 13.4. The van der Waals surface area contributed by atoms with E-state index in [4.69, 9.17) is 5.11 Å². The van der Waals surface area contributed by atoms with E-state index in [1.165, 1.54) is 6.07 Å². The summed E-state index contributed by atoms with van der Waals surface area (Å²) in [6, 6.07) is 10.0. The minimum Gasteiger partial charge on any atom is -0.396 e. The maximum Gasteiger partial charge on any atom is 0.319 e. The molecule has 2 aromatic carbocycles. The Morgan fingerprint density at radius 3 is 2.58 bits per heavy atom. The minimum atomic E-state index is -0.840. The first-order chi connectivity index (χ1) is 11.5. The van der Waals surface area contributed by atoms with Gasteiger partial charge in [0.05, 0.1) is 5.69 Å². The monoisotopic (exact) mass is 334 g/mol. The fourth-order valence-electron chi connectivity index (χ4n) is 2.29. The average molecular weight is 334 g/mol. The molecule has 0 radical (unpaired) electrons. The molecule has 0 spiro atoms. The molecule has 0 aromatic heterocycles. The molecular formula is C18H20F2N2O2. The number of carbonyl (C=O) groups is 1. The van der Waals surface area contributed by atoms with E-state index in [2.05, 4.69) is 10.6 Å². The number of aliphatic hydroxyl groups is 1. The van der Waals surface area contributed by atoms with E-state index >= 15 is 0 Å². The van der Waals surface area contributed by atoms with Crippen LogP contribution >= 0.6 is 0 Å². The van der Waals surface area contributed by atoms with Crippen molar-refractivity contribution in [3.8, 4) is 11.1 Å². The van der Waals surface area contributed by atoms with Crippen molar-refractivity contribution in [3.63, 3.8) is 0 Å². The van der Waals surface area contributed by atoms with Crippen molar-refractivity contribution in [2.45, 2.75) is 13.3 Å². The van der Waals surface area contributed by atoms with E-state index < -0.39 is 17.7 Å². The van der Waals surface area contributed by atoms with Crippen molar-refractivity contribution in [1.82, 2.24) is 5.32 Å². The highest BCUT2D eigenvalue weighted by Crippen LogP contribution is 2.31. The summed E-state index contributed by atoms with van der Waals surface area (Å²) in [6.07, 6.45) is 0.556. The Kier molecular flexibility index (Phi) is 6.26. The largest absolute Gasteiger partial charge is 0.396 e. The molecule has 0 aliphatic rings. The van der Waals surface area contributed by atoms with Gasteiger partial charge in [-0.05, 0) is 24.0 Å². The molecule has 3 N–H and O–H groups in total. The summed E-state index contributed by atoms with van der Waals surface area (Å²) < 4.78 is 27.7. The lowest BCUT2D eigenvalue weighted by molar-refractivity contribution is 0.243. The van der Waals surface area contributed by atoms with Crippen LogP contribution in [0.3, 0.4) is 0 Å². The fourth-order valence-corrected chi connectivity index (χ4v) is 2.29. The Bertz CT molecular complexity index is 693. The van der Waals surface area contributed by atoms with Gasteiger partial charge in [-0.15, -0.1) is 0 Å². The van der Waals surface area contributed by atoms with Gasteiger partial charge in [-0.3, -0.25) is 0 Å². The smallest absolute Gasteiger partial charge is 0.319 e. The normalized spacial score (nSPS) is 11.8. The van der Waals surface area contributed by atoms with Gasteiger partial charge < -0.3 is 15.7 Å². The van der Waals surface area contributed by atoms with Crippen LogP contribution in [0, 0.1) is 17.6 Å². The highest BCUT2D eigenvalue weighted by molar-refractivity contribution is 5.94. The van der Waals surface area contributed by atoms with Crippen LogP contribution in [0.15, 0.2) is 42.5 Å². The Labute approximate surface area is 139 Å². The molecule has 2 rings (SSSR count). The van der Waals surface area contributed by atoms with Gasteiger partial charge >= 0.3 is 6.03 Å². The highest BCUT2D eigenvalue weighted by atomic mass is 19.1. The predicted molar refractivity (Wildman–Crippen MR) is 89.7 cm³/mol. The summed E-state index contributed by atoms with van der Waals surface area (Å²) in [7, 11) is 0. The molecule has 128 valence electrons. The number of benzene rings is 2. The summed E-state index contributed by atoms with van der Waals surface area (Å²) in [4.78, 5) is 12.0. The van der Waals surface area contributed by atoms with Gasteiger partial charge in [0.1, 0.15) is 11.6 Å². The summed E-state index contributed by atoms with van der Waals surface area (Å²) in [5.74, 6) is -1.46. The molecule has 1 unspecified atom stereocenters. The average Bonchev–Trinajstić information content (AvgIpc) is 2.56. The van der Waals surface area contributed by atoms with Crippen LogP contribution in [0.2, 0.25) is 0 Å². The Morgan fingerprint density at radius 1 is 1.21 bits per heavy atom. The molecule has 6 heteroatoms. The first-order valence-electron chi connectivity index (χ1n) is 7.71. The van der Waals surface area contributed by atoms with E-state index in [1.54, 1.807) is 30.3 Å². The zero-order valence-electron chi connectivity index (χ0n) is 13.4. The summed E-state index contributed by atoms with van der Waals surface area (Å²) in [6.45, 7) is 2.26. The Morgan fingerprint density at radius 2 is 1.92 bits per heavy atom. The number of urea groups is 1. The maximum atomic E-state index is 14.2. The molecule has 2 amide bonds. The number of carbonyl (C=O) groups excluding carboxylic acids is 1.